The average molecular weight is 264 g/mol. The lowest BCUT2D eigenvalue weighted by Gasteiger charge is -2.22. The first-order chi connectivity index (χ1) is 9.12. The summed E-state index contributed by atoms with van der Waals surface area (Å²) in [6, 6.07) is 7.23. The highest BCUT2D eigenvalue weighted by atomic mass is 16.5. The lowest BCUT2D eigenvalue weighted by atomic mass is 10.2. The summed E-state index contributed by atoms with van der Waals surface area (Å²) in [7, 11) is 3.48. The first-order valence-corrected chi connectivity index (χ1v) is 6.14. The molecule has 0 bridgehead atoms. The van der Waals surface area contributed by atoms with Crippen LogP contribution in [0.1, 0.15) is 12.5 Å². The number of nitriles is 1. The molecular formula is C14H20N2O3. The lowest BCUT2D eigenvalue weighted by molar-refractivity contribution is 0.139. The minimum absolute atomic E-state index is 0.103. The zero-order valence-electron chi connectivity index (χ0n) is 11.6. The number of hydrogen-bond donors (Lipinski definition) is 1. The van der Waals surface area contributed by atoms with E-state index in [4.69, 9.17) is 19.8 Å². The minimum Gasteiger partial charge on any atom is -0.493 e. The van der Waals surface area contributed by atoms with Crippen LogP contribution in [-0.2, 0) is 0 Å². The van der Waals surface area contributed by atoms with Crippen molar-refractivity contribution >= 4 is 0 Å². The van der Waals surface area contributed by atoms with Gasteiger partial charge in [0.1, 0.15) is 6.61 Å². The summed E-state index contributed by atoms with van der Waals surface area (Å²) in [5.41, 5.74) is 0.537. The Kier molecular flexibility index (Phi) is 6.13. The van der Waals surface area contributed by atoms with Crippen molar-refractivity contribution < 1.29 is 14.6 Å². The molecule has 1 N–H and O–H groups in total. The summed E-state index contributed by atoms with van der Waals surface area (Å²) in [6.07, 6.45) is 0. The Hall–Kier alpha value is -1.77. The van der Waals surface area contributed by atoms with Gasteiger partial charge in [-0.15, -0.1) is 0 Å². The van der Waals surface area contributed by atoms with Crippen LogP contribution in [-0.4, -0.2) is 50.0 Å². The predicted octanol–water partition coefficient (Wildman–Crippen LogP) is 1.26. The largest absolute Gasteiger partial charge is 0.493 e. The molecule has 1 unspecified atom stereocenters. The van der Waals surface area contributed by atoms with Gasteiger partial charge in [0, 0.05) is 18.7 Å². The van der Waals surface area contributed by atoms with Crippen molar-refractivity contribution in [2.45, 2.75) is 13.0 Å². The molecule has 1 aromatic rings. The van der Waals surface area contributed by atoms with Crippen LogP contribution in [0.3, 0.4) is 0 Å². The van der Waals surface area contributed by atoms with Gasteiger partial charge in [0.2, 0.25) is 0 Å². The number of aliphatic hydroxyl groups excluding tert-OH is 1. The molecule has 0 amide bonds. The minimum atomic E-state index is 0.103. The summed E-state index contributed by atoms with van der Waals surface area (Å²) in [5.74, 6) is 1.17. The highest BCUT2D eigenvalue weighted by Gasteiger charge is 2.09. The Balaban J connectivity index is 2.56. The third-order valence-corrected chi connectivity index (χ3v) is 3.01. The lowest BCUT2D eigenvalue weighted by Crippen LogP contribution is -2.35. The molecule has 0 radical (unpaired) electrons. The van der Waals surface area contributed by atoms with E-state index in [1.165, 1.54) is 0 Å². The number of aliphatic hydroxyl groups is 1. The van der Waals surface area contributed by atoms with Crippen molar-refractivity contribution in [3.05, 3.63) is 23.8 Å². The van der Waals surface area contributed by atoms with E-state index >= 15 is 0 Å². The van der Waals surface area contributed by atoms with Gasteiger partial charge in [-0.3, -0.25) is 4.90 Å². The SMILES string of the molecule is COc1cc(C#N)ccc1OCCN(C)C(C)CO. The van der Waals surface area contributed by atoms with Crippen LogP contribution >= 0.6 is 0 Å². The van der Waals surface area contributed by atoms with Crippen LogP contribution in [0, 0.1) is 11.3 Å². The van der Waals surface area contributed by atoms with E-state index in [-0.39, 0.29) is 12.6 Å². The first-order valence-electron chi connectivity index (χ1n) is 6.14. The normalized spacial score (nSPS) is 12.0. The van der Waals surface area contributed by atoms with Gasteiger partial charge in [-0.2, -0.15) is 5.26 Å². The van der Waals surface area contributed by atoms with Gasteiger partial charge in [-0.05, 0) is 26.1 Å². The molecule has 1 rings (SSSR count). The number of nitrogens with zero attached hydrogens (tertiary/aromatic N) is 2. The fourth-order valence-corrected chi connectivity index (χ4v) is 1.52. The third-order valence-electron chi connectivity index (χ3n) is 3.01. The fourth-order valence-electron chi connectivity index (χ4n) is 1.52. The summed E-state index contributed by atoms with van der Waals surface area (Å²) >= 11 is 0. The van der Waals surface area contributed by atoms with Crippen LogP contribution in [0.15, 0.2) is 18.2 Å². The number of ether oxygens (including phenoxy) is 2. The molecule has 0 spiro atoms. The van der Waals surface area contributed by atoms with Gasteiger partial charge in [-0.1, -0.05) is 0 Å². The second-order valence-electron chi connectivity index (χ2n) is 4.34. The Morgan fingerprint density at radius 3 is 2.74 bits per heavy atom. The number of benzene rings is 1. The maximum atomic E-state index is 9.03. The molecule has 0 heterocycles. The molecular weight excluding hydrogens is 244 g/mol. The smallest absolute Gasteiger partial charge is 0.162 e. The maximum absolute atomic E-state index is 9.03. The second kappa shape index (κ2) is 7.62. The zero-order valence-corrected chi connectivity index (χ0v) is 11.6. The van der Waals surface area contributed by atoms with E-state index in [0.717, 1.165) is 0 Å². The number of hydrogen-bond acceptors (Lipinski definition) is 5. The highest BCUT2D eigenvalue weighted by Crippen LogP contribution is 2.27. The summed E-state index contributed by atoms with van der Waals surface area (Å²) in [5, 5.41) is 17.8. The van der Waals surface area contributed by atoms with E-state index in [2.05, 4.69) is 6.07 Å². The van der Waals surface area contributed by atoms with Crippen molar-refractivity contribution in [1.29, 1.82) is 5.26 Å². The van der Waals surface area contributed by atoms with E-state index in [1.807, 2.05) is 18.9 Å². The molecule has 1 aromatic carbocycles. The Bertz CT molecular complexity index is 443. The standard InChI is InChI=1S/C14H20N2O3/c1-11(10-17)16(2)6-7-19-13-5-4-12(9-15)8-14(13)18-3/h4-5,8,11,17H,6-7,10H2,1-3H3. The molecule has 0 saturated carbocycles. The molecule has 0 fully saturated rings. The second-order valence-corrected chi connectivity index (χ2v) is 4.34. The van der Waals surface area contributed by atoms with Crippen LogP contribution in [0.5, 0.6) is 11.5 Å². The number of likely N-dealkylation sites (N-methyl/N-ethyl adjacent to an activating group) is 1. The molecule has 0 aliphatic rings. The van der Waals surface area contributed by atoms with Gasteiger partial charge in [0.25, 0.3) is 0 Å². The first kappa shape index (κ1) is 15.3. The van der Waals surface area contributed by atoms with E-state index in [1.54, 1.807) is 25.3 Å². The van der Waals surface area contributed by atoms with E-state index < -0.39 is 0 Å². The van der Waals surface area contributed by atoms with Crippen LogP contribution < -0.4 is 9.47 Å². The topological polar surface area (TPSA) is 65.7 Å². The molecule has 0 aliphatic heterocycles. The summed E-state index contributed by atoms with van der Waals surface area (Å²) < 4.78 is 10.8. The molecule has 0 saturated heterocycles. The molecule has 0 aliphatic carbocycles. The molecule has 5 nitrogen and oxygen atoms in total. The van der Waals surface area contributed by atoms with Crippen LogP contribution in [0.2, 0.25) is 0 Å². The Labute approximate surface area is 114 Å². The van der Waals surface area contributed by atoms with Gasteiger partial charge in [0.15, 0.2) is 11.5 Å². The van der Waals surface area contributed by atoms with E-state index in [9.17, 15) is 0 Å². The van der Waals surface area contributed by atoms with Crippen LogP contribution in [0.25, 0.3) is 0 Å². The van der Waals surface area contributed by atoms with Crippen LogP contribution in [0.4, 0.5) is 0 Å². The van der Waals surface area contributed by atoms with Crippen molar-refractivity contribution in [2.24, 2.45) is 0 Å². The maximum Gasteiger partial charge on any atom is 0.162 e. The predicted molar refractivity (Wildman–Crippen MR) is 72.4 cm³/mol. The zero-order chi connectivity index (χ0) is 14.3. The molecule has 19 heavy (non-hydrogen) atoms. The summed E-state index contributed by atoms with van der Waals surface area (Å²) in [4.78, 5) is 2.01. The quantitative estimate of drug-likeness (QED) is 0.803. The average Bonchev–Trinajstić information content (AvgIpc) is 2.46. The fraction of sp³-hybridized carbons (Fsp3) is 0.500. The van der Waals surface area contributed by atoms with Crippen molar-refractivity contribution in [2.75, 3.05) is 33.9 Å². The Morgan fingerprint density at radius 1 is 1.42 bits per heavy atom. The number of rotatable bonds is 7. The molecule has 5 heteroatoms. The Morgan fingerprint density at radius 2 is 2.16 bits per heavy atom. The molecule has 0 aromatic heterocycles. The third kappa shape index (κ3) is 4.43. The highest BCUT2D eigenvalue weighted by molar-refractivity contribution is 5.46. The van der Waals surface area contributed by atoms with Crippen molar-refractivity contribution in [3.8, 4) is 17.6 Å². The van der Waals surface area contributed by atoms with Crippen molar-refractivity contribution in [3.63, 3.8) is 0 Å². The number of methoxy groups -OCH3 is 1. The van der Waals surface area contributed by atoms with Gasteiger partial charge in [0.05, 0.1) is 25.3 Å². The van der Waals surface area contributed by atoms with Gasteiger partial charge in [-0.25, -0.2) is 0 Å². The molecule has 1 atom stereocenters. The monoisotopic (exact) mass is 264 g/mol. The van der Waals surface area contributed by atoms with Crippen molar-refractivity contribution in [1.82, 2.24) is 4.90 Å². The van der Waals surface area contributed by atoms with Gasteiger partial charge < -0.3 is 14.6 Å². The summed E-state index contributed by atoms with van der Waals surface area (Å²) in [6.45, 7) is 3.26. The van der Waals surface area contributed by atoms with E-state index in [0.29, 0.717) is 30.2 Å². The molecule has 104 valence electrons. The van der Waals surface area contributed by atoms with Gasteiger partial charge >= 0.3 is 0 Å².